The molecule has 1 heterocycles. The van der Waals surface area contributed by atoms with E-state index in [1.807, 2.05) is 24.3 Å². The maximum atomic E-state index is 12.5. The number of fused-ring (bicyclic) bond motifs is 1. The van der Waals surface area contributed by atoms with Crippen molar-refractivity contribution in [3.8, 4) is 0 Å². The van der Waals surface area contributed by atoms with E-state index in [2.05, 4.69) is 15.6 Å². The third-order valence-electron chi connectivity index (χ3n) is 4.23. The van der Waals surface area contributed by atoms with E-state index in [4.69, 9.17) is 11.6 Å². The number of hydrogen-bond acceptors (Lipinski definition) is 3. The number of anilines is 1. The number of rotatable bonds is 7. The number of amides is 2. The molecule has 144 valence electrons. The van der Waals surface area contributed by atoms with Crippen molar-refractivity contribution in [2.24, 2.45) is 0 Å². The van der Waals surface area contributed by atoms with Crippen molar-refractivity contribution in [1.29, 1.82) is 0 Å². The number of aliphatic carboxylic acids is 1. The van der Waals surface area contributed by atoms with Gasteiger partial charge >= 0.3 is 5.97 Å². The summed E-state index contributed by atoms with van der Waals surface area (Å²) in [5.41, 5.74) is 2.33. The van der Waals surface area contributed by atoms with Crippen molar-refractivity contribution in [3.05, 3.63) is 65.9 Å². The number of benzene rings is 2. The van der Waals surface area contributed by atoms with E-state index in [1.165, 1.54) is 12.1 Å². The first-order valence-electron chi connectivity index (χ1n) is 8.52. The molecular weight excluding hydrogens is 382 g/mol. The first-order valence-corrected chi connectivity index (χ1v) is 9.06. The second-order valence-electron chi connectivity index (χ2n) is 6.19. The lowest BCUT2D eigenvalue weighted by molar-refractivity contribution is -0.139. The van der Waals surface area contributed by atoms with Gasteiger partial charge in [0.05, 0.1) is 0 Å². The van der Waals surface area contributed by atoms with E-state index in [1.54, 1.807) is 18.3 Å². The number of aromatic amines is 1. The zero-order chi connectivity index (χ0) is 20.1. The second-order valence-corrected chi connectivity index (χ2v) is 6.46. The lowest BCUT2D eigenvalue weighted by Gasteiger charge is -2.15. The molecule has 0 fully saturated rings. The SMILES string of the molecule is O=C(CCl)Nc1cccc(C(=O)N[C@@H](Cc2c[nH]c3ccccc23)C(=O)O)c1. The third kappa shape index (κ3) is 4.50. The van der Waals surface area contributed by atoms with Crippen molar-refractivity contribution in [3.63, 3.8) is 0 Å². The van der Waals surface area contributed by atoms with Crippen molar-refractivity contribution in [2.75, 3.05) is 11.2 Å². The summed E-state index contributed by atoms with van der Waals surface area (Å²) in [6, 6.07) is 12.6. The Balaban J connectivity index is 1.75. The summed E-state index contributed by atoms with van der Waals surface area (Å²) in [5.74, 6) is -2.29. The minimum atomic E-state index is -1.13. The standard InChI is InChI=1S/C20H18ClN3O4/c21-10-18(25)23-14-5-3-4-12(8-14)19(26)24-17(20(27)28)9-13-11-22-16-7-2-1-6-15(13)16/h1-8,11,17,22H,9-10H2,(H,23,25)(H,24,26)(H,27,28)/t17-/m0/s1. The van der Waals surface area contributed by atoms with Crippen molar-refractivity contribution in [1.82, 2.24) is 10.3 Å². The van der Waals surface area contributed by atoms with Gasteiger partial charge in [-0.3, -0.25) is 9.59 Å². The van der Waals surface area contributed by atoms with Crippen LogP contribution in [0, 0.1) is 0 Å². The highest BCUT2D eigenvalue weighted by atomic mass is 35.5. The number of H-pyrrole nitrogens is 1. The van der Waals surface area contributed by atoms with Crippen LogP contribution in [0.25, 0.3) is 10.9 Å². The Bertz CT molecular complexity index is 1030. The molecule has 1 aromatic heterocycles. The highest BCUT2D eigenvalue weighted by Gasteiger charge is 2.22. The highest BCUT2D eigenvalue weighted by Crippen LogP contribution is 2.19. The second kappa shape index (κ2) is 8.58. The van der Waals surface area contributed by atoms with Crippen molar-refractivity contribution >= 4 is 46.0 Å². The van der Waals surface area contributed by atoms with Gasteiger partial charge in [-0.05, 0) is 29.8 Å². The molecule has 2 aromatic carbocycles. The van der Waals surface area contributed by atoms with Crippen LogP contribution in [-0.4, -0.2) is 39.8 Å². The van der Waals surface area contributed by atoms with Crippen LogP contribution in [0.1, 0.15) is 15.9 Å². The van der Waals surface area contributed by atoms with Crippen LogP contribution in [0.4, 0.5) is 5.69 Å². The molecule has 4 N–H and O–H groups in total. The number of carboxylic acid groups (broad SMARTS) is 1. The molecule has 0 spiro atoms. The van der Waals surface area contributed by atoms with Crippen molar-refractivity contribution < 1.29 is 19.5 Å². The first-order chi connectivity index (χ1) is 13.5. The fourth-order valence-corrected chi connectivity index (χ4v) is 2.96. The van der Waals surface area contributed by atoms with Crippen LogP contribution in [-0.2, 0) is 16.0 Å². The molecule has 0 radical (unpaired) electrons. The van der Waals surface area contributed by atoms with E-state index in [-0.39, 0.29) is 17.9 Å². The molecule has 0 aliphatic carbocycles. The summed E-state index contributed by atoms with van der Waals surface area (Å²) in [6.07, 6.45) is 1.88. The minimum absolute atomic E-state index is 0.133. The van der Waals surface area contributed by atoms with Crippen LogP contribution in [0.3, 0.4) is 0 Å². The molecule has 0 saturated heterocycles. The third-order valence-corrected chi connectivity index (χ3v) is 4.48. The minimum Gasteiger partial charge on any atom is -0.480 e. The number of alkyl halides is 1. The van der Waals surface area contributed by atoms with Gasteiger partial charge in [-0.2, -0.15) is 0 Å². The summed E-state index contributed by atoms with van der Waals surface area (Å²) in [7, 11) is 0. The summed E-state index contributed by atoms with van der Waals surface area (Å²) in [6.45, 7) is 0. The average Bonchev–Trinajstić information content (AvgIpc) is 3.10. The Labute approximate surface area is 165 Å². The van der Waals surface area contributed by atoms with E-state index in [9.17, 15) is 19.5 Å². The first kappa shape index (κ1) is 19.4. The number of nitrogens with one attached hydrogen (secondary N) is 3. The largest absolute Gasteiger partial charge is 0.480 e. The fraction of sp³-hybridized carbons (Fsp3) is 0.150. The van der Waals surface area contributed by atoms with Gasteiger partial charge in [-0.1, -0.05) is 24.3 Å². The Morgan fingerprint density at radius 2 is 1.89 bits per heavy atom. The zero-order valence-electron chi connectivity index (χ0n) is 14.7. The monoisotopic (exact) mass is 399 g/mol. The molecule has 0 unspecified atom stereocenters. The van der Waals surface area contributed by atoms with E-state index >= 15 is 0 Å². The van der Waals surface area contributed by atoms with Crippen LogP contribution < -0.4 is 10.6 Å². The topological polar surface area (TPSA) is 111 Å². The van der Waals surface area contributed by atoms with Gasteiger partial charge in [-0.25, -0.2) is 4.79 Å². The van der Waals surface area contributed by atoms with E-state index in [0.717, 1.165) is 16.5 Å². The molecule has 0 aliphatic heterocycles. The van der Waals surface area contributed by atoms with Gasteiger partial charge in [0.2, 0.25) is 5.91 Å². The molecule has 1 atom stereocenters. The molecular formula is C20H18ClN3O4. The van der Waals surface area contributed by atoms with Gasteiger partial charge in [-0.15, -0.1) is 11.6 Å². The fourth-order valence-electron chi connectivity index (χ4n) is 2.89. The Morgan fingerprint density at radius 3 is 2.64 bits per heavy atom. The predicted molar refractivity (Wildman–Crippen MR) is 107 cm³/mol. The molecule has 0 saturated carbocycles. The van der Waals surface area contributed by atoms with Gasteiger partial charge in [0, 0.05) is 34.8 Å². The normalized spacial score (nSPS) is 11.8. The summed E-state index contributed by atoms with van der Waals surface area (Å²) >= 11 is 5.46. The summed E-state index contributed by atoms with van der Waals surface area (Å²) < 4.78 is 0. The van der Waals surface area contributed by atoms with Crippen molar-refractivity contribution in [2.45, 2.75) is 12.5 Å². The number of carboxylic acids is 1. The average molecular weight is 400 g/mol. The number of halogens is 1. The number of carbonyl (C=O) groups is 3. The van der Waals surface area contributed by atoms with E-state index < -0.39 is 23.8 Å². The number of carbonyl (C=O) groups excluding carboxylic acids is 2. The molecule has 8 heteroatoms. The molecule has 3 aromatic rings. The number of aromatic nitrogens is 1. The predicted octanol–water partition coefficient (Wildman–Crippen LogP) is 2.77. The van der Waals surface area contributed by atoms with Crippen LogP contribution in [0.5, 0.6) is 0 Å². The van der Waals surface area contributed by atoms with Gasteiger partial charge in [0.1, 0.15) is 11.9 Å². The molecule has 2 amide bonds. The maximum absolute atomic E-state index is 12.5. The number of para-hydroxylation sites is 1. The summed E-state index contributed by atoms with van der Waals surface area (Å²) in [5, 5.41) is 15.5. The zero-order valence-corrected chi connectivity index (χ0v) is 15.5. The Kier molecular flexibility index (Phi) is 5.96. The molecule has 3 rings (SSSR count). The van der Waals surface area contributed by atoms with Gasteiger partial charge in [0.15, 0.2) is 0 Å². The van der Waals surface area contributed by atoms with Crippen LogP contribution in [0.15, 0.2) is 54.7 Å². The quantitative estimate of drug-likeness (QED) is 0.458. The molecule has 0 bridgehead atoms. The van der Waals surface area contributed by atoms with Crippen LogP contribution in [0.2, 0.25) is 0 Å². The van der Waals surface area contributed by atoms with Gasteiger partial charge < -0.3 is 20.7 Å². The molecule has 28 heavy (non-hydrogen) atoms. The smallest absolute Gasteiger partial charge is 0.326 e. The Morgan fingerprint density at radius 1 is 1.11 bits per heavy atom. The van der Waals surface area contributed by atoms with Gasteiger partial charge in [0.25, 0.3) is 5.91 Å². The molecule has 7 nitrogen and oxygen atoms in total. The summed E-state index contributed by atoms with van der Waals surface area (Å²) in [4.78, 5) is 38.7. The van der Waals surface area contributed by atoms with E-state index in [0.29, 0.717) is 5.69 Å². The number of hydrogen-bond donors (Lipinski definition) is 4. The Hall–Kier alpha value is -3.32. The lowest BCUT2D eigenvalue weighted by atomic mass is 10.0. The maximum Gasteiger partial charge on any atom is 0.326 e. The molecule has 0 aliphatic rings. The highest BCUT2D eigenvalue weighted by molar-refractivity contribution is 6.29. The lowest BCUT2D eigenvalue weighted by Crippen LogP contribution is -2.42. The van der Waals surface area contributed by atoms with Crippen LogP contribution >= 0.6 is 11.6 Å².